The van der Waals surface area contributed by atoms with Crippen molar-refractivity contribution in [2.75, 3.05) is 0 Å². The zero-order valence-electron chi connectivity index (χ0n) is 10.9. The van der Waals surface area contributed by atoms with Gasteiger partial charge in [0, 0.05) is 11.1 Å². The van der Waals surface area contributed by atoms with Crippen molar-refractivity contribution in [3.63, 3.8) is 0 Å². The molecular formula is C16H17NO2. The van der Waals surface area contributed by atoms with Gasteiger partial charge in [-0.15, -0.1) is 0 Å². The standard InChI is InChI=1S/C16H17NO2/c1-2-15(19-12-8-4-3-5-9-12)13-10-6-7-11-14(13)16(17)18/h3-11,15H,2H2,1H3,(H2,17,18). The van der Waals surface area contributed by atoms with Crippen LogP contribution in [0.3, 0.4) is 0 Å². The van der Waals surface area contributed by atoms with E-state index in [4.69, 9.17) is 10.5 Å². The minimum atomic E-state index is -0.425. The maximum absolute atomic E-state index is 11.5. The summed E-state index contributed by atoms with van der Waals surface area (Å²) in [5, 5.41) is 0. The molecule has 0 saturated heterocycles. The number of ether oxygens (including phenoxy) is 1. The summed E-state index contributed by atoms with van der Waals surface area (Å²) in [5.74, 6) is 0.360. The molecule has 0 aromatic heterocycles. The molecule has 0 aliphatic carbocycles. The van der Waals surface area contributed by atoms with E-state index in [1.807, 2.05) is 49.4 Å². The predicted molar refractivity (Wildman–Crippen MR) is 75.1 cm³/mol. The van der Waals surface area contributed by atoms with Crippen LogP contribution < -0.4 is 10.5 Å². The molecule has 0 bridgehead atoms. The first-order valence-electron chi connectivity index (χ1n) is 6.32. The Balaban J connectivity index is 2.30. The highest BCUT2D eigenvalue weighted by atomic mass is 16.5. The number of nitrogens with two attached hydrogens (primary N) is 1. The second-order valence-electron chi connectivity index (χ2n) is 4.28. The molecule has 0 aliphatic heterocycles. The fourth-order valence-electron chi connectivity index (χ4n) is 2.03. The Bertz CT molecular complexity index is 552. The molecule has 2 N–H and O–H groups in total. The second-order valence-corrected chi connectivity index (χ2v) is 4.28. The van der Waals surface area contributed by atoms with Gasteiger partial charge in [-0.25, -0.2) is 0 Å². The molecule has 0 radical (unpaired) electrons. The Morgan fingerprint density at radius 3 is 2.37 bits per heavy atom. The van der Waals surface area contributed by atoms with E-state index in [1.165, 1.54) is 0 Å². The van der Waals surface area contributed by atoms with Crippen LogP contribution in [0.25, 0.3) is 0 Å². The smallest absolute Gasteiger partial charge is 0.249 e. The molecule has 1 atom stereocenters. The van der Waals surface area contributed by atoms with Gasteiger partial charge in [-0.2, -0.15) is 0 Å². The van der Waals surface area contributed by atoms with Crippen molar-refractivity contribution >= 4 is 5.91 Å². The number of hydrogen-bond donors (Lipinski definition) is 1. The van der Waals surface area contributed by atoms with Gasteiger partial charge in [-0.1, -0.05) is 43.3 Å². The highest BCUT2D eigenvalue weighted by Gasteiger charge is 2.17. The van der Waals surface area contributed by atoms with Crippen molar-refractivity contribution in [1.29, 1.82) is 0 Å². The number of amides is 1. The zero-order chi connectivity index (χ0) is 13.7. The molecule has 3 nitrogen and oxygen atoms in total. The number of rotatable bonds is 5. The summed E-state index contributed by atoms with van der Waals surface area (Å²) in [6.45, 7) is 2.02. The first kappa shape index (κ1) is 13.1. The molecule has 2 rings (SSSR count). The van der Waals surface area contributed by atoms with Gasteiger partial charge in [0.1, 0.15) is 11.9 Å². The van der Waals surface area contributed by atoms with Crippen LogP contribution in [0.4, 0.5) is 0 Å². The summed E-state index contributed by atoms with van der Waals surface area (Å²) >= 11 is 0. The fourth-order valence-corrected chi connectivity index (χ4v) is 2.03. The van der Waals surface area contributed by atoms with Gasteiger partial charge in [0.2, 0.25) is 5.91 Å². The highest BCUT2D eigenvalue weighted by molar-refractivity contribution is 5.94. The van der Waals surface area contributed by atoms with E-state index < -0.39 is 5.91 Å². The van der Waals surface area contributed by atoms with E-state index in [-0.39, 0.29) is 6.10 Å². The lowest BCUT2D eigenvalue weighted by molar-refractivity contribution is 0.0994. The third-order valence-corrected chi connectivity index (χ3v) is 2.97. The Labute approximate surface area is 113 Å². The molecule has 2 aromatic rings. The molecule has 0 aliphatic rings. The lowest BCUT2D eigenvalue weighted by atomic mass is 10.00. The van der Waals surface area contributed by atoms with Crippen LogP contribution in [0.5, 0.6) is 5.75 Å². The molecule has 0 fully saturated rings. The number of benzene rings is 2. The lowest BCUT2D eigenvalue weighted by Gasteiger charge is -2.20. The van der Waals surface area contributed by atoms with Crippen LogP contribution in [0.15, 0.2) is 54.6 Å². The second kappa shape index (κ2) is 6.05. The van der Waals surface area contributed by atoms with Crippen LogP contribution in [0.2, 0.25) is 0 Å². The molecule has 2 aromatic carbocycles. The van der Waals surface area contributed by atoms with E-state index in [2.05, 4.69) is 0 Å². The quantitative estimate of drug-likeness (QED) is 0.891. The van der Waals surface area contributed by atoms with Gasteiger partial charge < -0.3 is 10.5 Å². The summed E-state index contributed by atoms with van der Waals surface area (Å²) in [7, 11) is 0. The van der Waals surface area contributed by atoms with E-state index in [0.717, 1.165) is 17.7 Å². The van der Waals surface area contributed by atoms with Crippen molar-refractivity contribution in [3.05, 3.63) is 65.7 Å². The van der Waals surface area contributed by atoms with E-state index in [0.29, 0.717) is 5.56 Å². The van der Waals surface area contributed by atoms with Gasteiger partial charge in [0.05, 0.1) is 0 Å². The Kier molecular flexibility index (Phi) is 4.18. The number of hydrogen-bond acceptors (Lipinski definition) is 2. The largest absolute Gasteiger partial charge is 0.486 e. The molecule has 3 heteroatoms. The normalized spacial score (nSPS) is 11.8. The number of para-hydroxylation sites is 1. The van der Waals surface area contributed by atoms with E-state index in [1.54, 1.807) is 12.1 Å². The summed E-state index contributed by atoms with van der Waals surface area (Å²) in [4.78, 5) is 11.5. The van der Waals surface area contributed by atoms with Crippen molar-refractivity contribution in [1.82, 2.24) is 0 Å². The van der Waals surface area contributed by atoms with Crippen molar-refractivity contribution in [3.8, 4) is 5.75 Å². The number of carbonyl (C=O) groups is 1. The van der Waals surface area contributed by atoms with Crippen LogP contribution in [-0.2, 0) is 0 Å². The Morgan fingerprint density at radius 2 is 1.74 bits per heavy atom. The van der Waals surface area contributed by atoms with Gasteiger partial charge >= 0.3 is 0 Å². The topological polar surface area (TPSA) is 52.3 Å². The van der Waals surface area contributed by atoms with Crippen LogP contribution >= 0.6 is 0 Å². The summed E-state index contributed by atoms with van der Waals surface area (Å²) in [6.07, 6.45) is 0.588. The molecule has 98 valence electrons. The SMILES string of the molecule is CCC(Oc1ccccc1)c1ccccc1C(N)=O. The first-order valence-corrected chi connectivity index (χ1v) is 6.32. The summed E-state index contributed by atoms with van der Waals surface area (Å²) in [6, 6.07) is 16.9. The third-order valence-electron chi connectivity index (χ3n) is 2.97. The predicted octanol–water partition coefficient (Wildman–Crippen LogP) is 3.32. The molecule has 0 heterocycles. The highest BCUT2D eigenvalue weighted by Crippen LogP contribution is 2.26. The lowest BCUT2D eigenvalue weighted by Crippen LogP contribution is -2.17. The van der Waals surface area contributed by atoms with Crippen molar-refractivity contribution in [2.24, 2.45) is 5.73 Å². The summed E-state index contributed by atoms with van der Waals surface area (Å²) < 4.78 is 5.93. The van der Waals surface area contributed by atoms with E-state index in [9.17, 15) is 4.79 Å². The maximum atomic E-state index is 11.5. The molecule has 1 unspecified atom stereocenters. The zero-order valence-corrected chi connectivity index (χ0v) is 10.9. The molecule has 1 amide bonds. The Hall–Kier alpha value is -2.29. The fraction of sp³-hybridized carbons (Fsp3) is 0.188. The Morgan fingerprint density at radius 1 is 1.11 bits per heavy atom. The molecule has 19 heavy (non-hydrogen) atoms. The van der Waals surface area contributed by atoms with Crippen LogP contribution in [-0.4, -0.2) is 5.91 Å². The van der Waals surface area contributed by atoms with Gasteiger partial charge in [-0.3, -0.25) is 4.79 Å². The minimum Gasteiger partial charge on any atom is -0.486 e. The monoisotopic (exact) mass is 255 g/mol. The third kappa shape index (κ3) is 3.13. The van der Waals surface area contributed by atoms with Crippen molar-refractivity contribution < 1.29 is 9.53 Å². The summed E-state index contributed by atoms with van der Waals surface area (Å²) in [5.41, 5.74) is 6.76. The molecule has 0 spiro atoms. The average Bonchev–Trinajstić information content (AvgIpc) is 2.46. The maximum Gasteiger partial charge on any atom is 0.249 e. The molecular weight excluding hydrogens is 238 g/mol. The number of primary amides is 1. The first-order chi connectivity index (χ1) is 9.22. The van der Waals surface area contributed by atoms with Crippen LogP contribution in [0, 0.1) is 0 Å². The molecule has 0 saturated carbocycles. The number of carbonyl (C=O) groups excluding carboxylic acids is 1. The minimum absolute atomic E-state index is 0.175. The van der Waals surface area contributed by atoms with Crippen LogP contribution in [0.1, 0.15) is 35.4 Å². The van der Waals surface area contributed by atoms with Gasteiger partial charge in [-0.05, 0) is 24.6 Å². The van der Waals surface area contributed by atoms with E-state index >= 15 is 0 Å². The van der Waals surface area contributed by atoms with Gasteiger partial charge in [0.15, 0.2) is 0 Å². The van der Waals surface area contributed by atoms with Gasteiger partial charge in [0.25, 0.3) is 0 Å². The average molecular weight is 255 g/mol. The van der Waals surface area contributed by atoms with Crippen molar-refractivity contribution in [2.45, 2.75) is 19.4 Å².